The topological polar surface area (TPSA) is 76.8 Å². The summed E-state index contributed by atoms with van der Waals surface area (Å²) in [4.78, 5) is 34.0. The zero-order valence-electron chi connectivity index (χ0n) is 20.1. The molecule has 3 heterocycles. The number of halogens is 2. The molecule has 0 saturated heterocycles. The molecule has 38 heavy (non-hydrogen) atoms. The molecule has 1 amide bonds. The summed E-state index contributed by atoms with van der Waals surface area (Å²) in [5, 5.41) is 5.04. The van der Waals surface area contributed by atoms with Crippen LogP contribution in [0.15, 0.2) is 76.0 Å². The Morgan fingerprint density at radius 2 is 1.84 bits per heavy atom. The molecule has 3 aromatic carbocycles. The van der Waals surface area contributed by atoms with Gasteiger partial charge in [0.15, 0.2) is 5.82 Å². The largest absolute Gasteiger partial charge is 0.494 e. The Balaban J connectivity index is 1.43. The number of aromatic nitrogens is 3. The zero-order chi connectivity index (χ0) is 26.4. The average Bonchev–Trinajstić information content (AvgIpc) is 3.55. The predicted octanol–water partition coefficient (Wildman–Crippen LogP) is 5.49. The van der Waals surface area contributed by atoms with Crippen molar-refractivity contribution in [3.8, 4) is 17.1 Å². The van der Waals surface area contributed by atoms with Gasteiger partial charge in [-0.3, -0.25) is 9.59 Å². The molecule has 0 fully saturated rings. The van der Waals surface area contributed by atoms with Crippen LogP contribution in [-0.4, -0.2) is 27.1 Å². The van der Waals surface area contributed by atoms with E-state index in [2.05, 4.69) is 32.9 Å². The summed E-state index contributed by atoms with van der Waals surface area (Å²) in [5.74, 6) is 0.946. The van der Waals surface area contributed by atoms with Crippen LogP contribution in [0.2, 0.25) is 5.02 Å². The number of hydrogen-bond acceptors (Lipinski definition) is 6. The molecule has 5 aromatic rings. The molecule has 0 aliphatic carbocycles. The third-order valence-electron chi connectivity index (χ3n) is 6.23. The van der Waals surface area contributed by atoms with Crippen molar-refractivity contribution in [1.82, 2.24) is 14.6 Å². The van der Waals surface area contributed by atoms with E-state index < -0.39 is 0 Å². The number of carbonyl (C=O) groups excluding carboxylic acids is 1. The molecule has 7 nitrogen and oxygen atoms in total. The number of fused-ring (bicyclic) bond motifs is 2. The number of hydrogen-bond donors (Lipinski definition) is 0. The molecule has 6 rings (SSSR count). The standard InChI is InChI=1S/C28H20BrClN4O3S/c1-2-13-37-19-10-7-16(8-11-19)25-31-28-34(32-25)27(36)24(38-28)23-20-14-18(29)9-12-22(20)33(26(23)35)15-17-5-3-4-6-21(17)30/h3-12,14H,2,13,15H2,1H3/b24-23-. The van der Waals surface area contributed by atoms with Crippen molar-refractivity contribution in [3.05, 3.63) is 102 Å². The molecule has 0 atom stereocenters. The van der Waals surface area contributed by atoms with E-state index in [0.29, 0.717) is 38.1 Å². The van der Waals surface area contributed by atoms with Crippen molar-refractivity contribution in [2.24, 2.45) is 0 Å². The molecular weight excluding hydrogens is 588 g/mol. The van der Waals surface area contributed by atoms with Crippen LogP contribution in [0, 0.1) is 0 Å². The fourth-order valence-electron chi connectivity index (χ4n) is 4.40. The molecule has 0 radical (unpaired) electrons. The summed E-state index contributed by atoms with van der Waals surface area (Å²) in [5.41, 5.74) is 2.96. The third kappa shape index (κ3) is 4.30. The first kappa shape index (κ1) is 24.8. The summed E-state index contributed by atoms with van der Waals surface area (Å²) in [6.45, 7) is 2.98. The maximum Gasteiger partial charge on any atom is 0.291 e. The Kier molecular flexibility index (Phi) is 6.51. The van der Waals surface area contributed by atoms with E-state index in [1.165, 1.54) is 4.52 Å². The second-order valence-electron chi connectivity index (χ2n) is 8.76. The number of anilines is 1. The summed E-state index contributed by atoms with van der Waals surface area (Å²) >= 11 is 11.1. The number of thiazole rings is 1. The first-order chi connectivity index (χ1) is 18.4. The molecule has 2 aromatic heterocycles. The minimum absolute atomic E-state index is 0.262. The van der Waals surface area contributed by atoms with E-state index in [0.717, 1.165) is 44.8 Å². The van der Waals surface area contributed by atoms with Crippen LogP contribution < -0.4 is 19.7 Å². The average molecular weight is 608 g/mol. The normalized spacial score (nSPS) is 14.4. The van der Waals surface area contributed by atoms with Gasteiger partial charge in [0, 0.05) is 20.6 Å². The molecule has 10 heteroatoms. The molecule has 1 aliphatic rings. The van der Waals surface area contributed by atoms with Gasteiger partial charge in [-0.15, -0.1) is 5.10 Å². The maximum absolute atomic E-state index is 13.8. The molecule has 0 unspecified atom stereocenters. The van der Waals surface area contributed by atoms with Gasteiger partial charge in [0.25, 0.3) is 11.5 Å². The first-order valence-corrected chi connectivity index (χ1v) is 14.0. The monoisotopic (exact) mass is 606 g/mol. The van der Waals surface area contributed by atoms with Crippen molar-refractivity contribution >= 4 is 61.0 Å². The Morgan fingerprint density at radius 1 is 1.05 bits per heavy atom. The van der Waals surface area contributed by atoms with Gasteiger partial charge < -0.3 is 9.64 Å². The van der Waals surface area contributed by atoms with E-state index >= 15 is 0 Å². The van der Waals surface area contributed by atoms with Gasteiger partial charge in [-0.2, -0.15) is 9.50 Å². The van der Waals surface area contributed by atoms with Gasteiger partial charge >= 0.3 is 0 Å². The second kappa shape index (κ2) is 9.98. The lowest BCUT2D eigenvalue weighted by atomic mass is 10.1. The SMILES string of the molecule is CCCOc1ccc(-c2nc3s/c(=C4\C(=O)N(Cc5ccccc5Cl)c5ccc(Br)cc54)c(=O)n3n2)cc1. The van der Waals surface area contributed by atoms with Crippen LogP contribution in [0.5, 0.6) is 5.75 Å². The number of amides is 1. The van der Waals surface area contributed by atoms with E-state index in [9.17, 15) is 9.59 Å². The van der Waals surface area contributed by atoms with E-state index in [1.807, 2.05) is 60.7 Å². The van der Waals surface area contributed by atoms with Crippen LogP contribution in [0.4, 0.5) is 5.69 Å². The Bertz CT molecular complexity index is 1820. The number of ether oxygens (including phenoxy) is 1. The lowest BCUT2D eigenvalue weighted by molar-refractivity contribution is -0.113. The minimum Gasteiger partial charge on any atom is -0.494 e. The van der Waals surface area contributed by atoms with E-state index in [4.69, 9.17) is 16.3 Å². The predicted molar refractivity (Wildman–Crippen MR) is 153 cm³/mol. The summed E-state index contributed by atoms with van der Waals surface area (Å²) in [6.07, 6.45) is 0.927. The lowest BCUT2D eigenvalue weighted by Gasteiger charge is -2.18. The molecule has 0 saturated carbocycles. The number of benzene rings is 3. The maximum atomic E-state index is 13.8. The van der Waals surface area contributed by atoms with Gasteiger partial charge in [-0.25, -0.2) is 0 Å². The zero-order valence-corrected chi connectivity index (χ0v) is 23.3. The summed E-state index contributed by atoms with van der Waals surface area (Å²) in [6, 6.07) is 20.5. The highest BCUT2D eigenvalue weighted by molar-refractivity contribution is 9.10. The van der Waals surface area contributed by atoms with Crippen LogP contribution in [-0.2, 0) is 11.3 Å². The van der Waals surface area contributed by atoms with Crippen molar-refractivity contribution < 1.29 is 9.53 Å². The van der Waals surface area contributed by atoms with Gasteiger partial charge in [0.05, 0.1) is 24.4 Å². The minimum atomic E-state index is -0.375. The molecule has 1 aliphatic heterocycles. The summed E-state index contributed by atoms with van der Waals surface area (Å²) < 4.78 is 8.02. The molecular formula is C28H20BrClN4O3S. The van der Waals surface area contributed by atoms with Crippen LogP contribution in [0.25, 0.3) is 21.9 Å². The molecule has 0 N–H and O–H groups in total. The fourth-order valence-corrected chi connectivity index (χ4v) is 5.96. The number of nitrogens with zero attached hydrogens (tertiary/aromatic N) is 4. The van der Waals surface area contributed by atoms with Gasteiger partial charge in [-0.05, 0) is 60.5 Å². The molecule has 0 spiro atoms. The van der Waals surface area contributed by atoms with Crippen molar-refractivity contribution in [2.75, 3.05) is 11.5 Å². The van der Waals surface area contributed by atoms with Crippen LogP contribution >= 0.6 is 38.9 Å². The highest BCUT2D eigenvalue weighted by atomic mass is 79.9. The van der Waals surface area contributed by atoms with Crippen LogP contribution in [0.3, 0.4) is 0 Å². The highest BCUT2D eigenvalue weighted by Crippen LogP contribution is 2.38. The first-order valence-electron chi connectivity index (χ1n) is 12.0. The van der Waals surface area contributed by atoms with E-state index in [-0.39, 0.29) is 18.0 Å². The van der Waals surface area contributed by atoms with Gasteiger partial charge in [-0.1, -0.05) is 64.0 Å². The fraction of sp³-hybridized carbons (Fsp3) is 0.143. The number of rotatable bonds is 6. The van der Waals surface area contributed by atoms with Crippen LogP contribution in [0.1, 0.15) is 24.5 Å². The van der Waals surface area contributed by atoms with Gasteiger partial charge in [0.2, 0.25) is 4.96 Å². The highest BCUT2D eigenvalue weighted by Gasteiger charge is 2.35. The Hall–Kier alpha value is -3.53. The Morgan fingerprint density at radius 3 is 2.58 bits per heavy atom. The second-order valence-corrected chi connectivity index (χ2v) is 11.1. The van der Waals surface area contributed by atoms with Crippen molar-refractivity contribution in [2.45, 2.75) is 19.9 Å². The van der Waals surface area contributed by atoms with E-state index in [1.54, 1.807) is 11.0 Å². The Labute approximate surface area is 235 Å². The number of carbonyl (C=O) groups is 1. The molecule has 190 valence electrons. The van der Waals surface area contributed by atoms with Gasteiger partial charge in [0.1, 0.15) is 10.3 Å². The quantitative estimate of drug-likeness (QED) is 0.255. The third-order valence-corrected chi connectivity index (χ3v) is 8.13. The smallest absolute Gasteiger partial charge is 0.291 e. The lowest BCUT2D eigenvalue weighted by Crippen LogP contribution is -2.32. The van der Waals surface area contributed by atoms with Crippen molar-refractivity contribution in [3.63, 3.8) is 0 Å². The molecule has 0 bridgehead atoms. The summed E-state index contributed by atoms with van der Waals surface area (Å²) in [7, 11) is 0. The van der Waals surface area contributed by atoms with Crippen molar-refractivity contribution in [1.29, 1.82) is 0 Å².